The van der Waals surface area contributed by atoms with E-state index in [-0.39, 0.29) is 0 Å². The van der Waals surface area contributed by atoms with Crippen LogP contribution in [0, 0.1) is 0 Å². The highest BCUT2D eigenvalue weighted by Gasteiger charge is 2.20. The lowest BCUT2D eigenvalue weighted by molar-refractivity contribution is 0.100. The van der Waals surface area contributed by atoms with Gasteiger partial charge in [-0.15, -0.1) is 0 Å². The van der Waals surface area contributed by atoms with Crippen LogP contribution in [0.25, 0.3) is 0 Å². The Kier molecular flexibility index (Phi) is 6.03. The first-order valence-corrected chi connectivity index (χ1v) is 10.6. The molecule has 30 heavy (non-hydrogen) atoms. The average molecular weight is 411 g/mol. The van der Waals surface area contributed by atoms with E-state index in [0.29, 0.717) is 23.4 Å². The number of methoxy groups -OCH3 is 1. The normalized spacial score (nSPS) is 17.3. The maximum absolute atomic E-state index is 11.9. The number of benzene rings is 1. The van der Waals surface area contributed by atoms with Crippen LogP contribution in [-0.2, 0) is 13.0 Å². The molecule has 0 bridgehead atoms. The van der Waals surface area contributed by atoms with E-state index in [4.69, 9.17) is 10.5 Å². The van der Waals surface area contributed by atoms with Crippen LogP contribution in [0.1, 0.15) is 53.6 Å². The number of aromatic nitrogens is 2. The summed E-state index contributed by atoms with van der Waals surface area (Å²) in [5.41, 5.74) is 9.24. The Hall–Kier alpha value is -2.87. The lowest BCUT2D eigenvalue weighted by Gasteiger charge is -2.26. The van der Waals surface area contributed by atoms with Crippen molar-refractivity contribution in [3.05, 3.63) is 35.0 Å². The summed E-state index contributed by atoms with van der Waals surface area (Å²) in [5.74, 6) is 1.11. The highest BCUT2D eigenvalue weighted by atomic mass is 16.5. The molecule has 1 saturated carbocycles. The maximum Gasteiger partial charge on any atom is 0.254 e. The lowest BCUT2D eigenvalue weighted by Crippen LogP contribution is -2.26. The fourth-order valence-corrected chi connectivity index (χ4v) is 4.29. The van der Waals surface area contributed by atoms with E-state index >= 15 is 0 Å². The minimum Gasteiger partial charge on any atom is -0.495 e. The monoisotopic (exact) mass is 410 g/mol. The van der Waals surface area contributed by atoms with Crippen molar-refractivity contribution >= 4 is 23.4 Å². The number of hydrogen-bond donors (Lipinski definition) is 3. The molecule has 1 aliphatic heterocycles. The van der Waals surface area contributed by atoms with E-state index in [9.17, 15) is 4.79 Å². The van der Waals surface area contributed by atoms with Crippen LogP contribution < -0.4 is 21.1 Å². The number of carbonyl (C=O) groups is 1. The molecule has 2 aromatic rings. The summed E-state index contributed by atoms with van der Waals surface area (Å²) in [7, 11) is 3.78. The summed E-state index contributed by atoms with van der Waals surface area (Å²) in [6.07, 6.45) is 8.24. The number of anilines is 3. The highest BCUT2D eigenvalue weighted by Crippen LogP contribution is 2.33. The van der Waals surface area contributed by atoms with Gasteiger partial charge in [0.1, 0.15) is 11.6 Å². The van der Waals surface area contributed by atoms with E-state index in [1.807, 2.05) is 0 Å². The number of rotatable bonds is 6. The van der Waals surface area contributed by atoms with Gasteiger partial charge in [-0.2, -0.15) is 4.98 Å². The van der Waals surface area contributed by atoms with Crippen molar-refractivity contribution in [3.63, 3.8) is 0 Å². The van der Waals surface area contributed by atoms with Gasteiger partial charge in [-0.05, 0) is 49.6 Å². The predicted octanol–water partition coefficient (Wildman–Crippen LogP) is 3.06. The van der Waals surface area contributed by atoms with Gasteiger partial charge in [0.25, 0.3) is 5.91 Å². The number of nitrogens with two attached hydrogens (primary N) is 1. The Balaban J connectivity index is 1.62. The fraction of sp³-hybridized carbons (Fsp3) is 0.500. The van der Waals surface area contributed by atoms with Gasteiger partial charge in [0.2, 0.25) is 5.95 Å². The van der Waals surface area contributed by atoms with Crippen molar-refractivity contribution < 1.29 is 9.53 Å². The third-order valence-electron chi connectivity index (χ3n) is 5.97. The predicted molar refractivity (Wildman–Crippen MR) is 117 cm³/mol. The molecule has 0 atom stereocenters. The number of hydrogen-bond acceptors (Lipinski definition) is 7. The van der Waals surface area contributed by atoms with Gasteiger partial charge in [-0.1, -0.05) is 19.3 Å². The van der Waals surface area contributed by atoms with Crippen LogP contribution in [0.15, 0.2) is 18.3 Å². The molecule has 2 heterocycles. The van der Waals surface area contributed by atoms with Crippen molar-refractivity contribution in [1.29, 1.82) is 0 Å². The molecule has 8 nitrogen and oxygen atoms in total. The molecule has 2 aliphatic rings. The molecular weight excluding hydrogens is 380 g/mol. The van der Waals surface area contributed by atoms with Crippen LogP contribution in [0.2, 0.25) is 0 Å². The Labute approximate surface area is 177 Å². The first-order chi connectivity index (χ1) is 14.5. The first kappa shape index (κ1) is 20.4. The Morgan fingerprint density at radius 2 is 2.03 bits per heavy atom. The van der Waals surface area contributed by atoms with Crippen molar-refractivity contribution in [2.45, 2.75) is 51.1 Å². The molecule has 1 aliphatic carbocycles. The van der Waals surface area contributed by atoms with Gasteiger partial charge >= 0.3 is 0 Å². The Morgan fingerprint density at radius 1 is 1.23 bits per heavy atom. The van der Waals surface area contributed by atoms with Crippen LogP contribution >= 0.6 is 0 Å². The SMILES string of the molecule is COc1cc2c(cc1Nc1ncc(C(N)=O)c(NC3CCCCC3)n1)CN(C)CC2. The number of carbonyl (C=O) groups excluding carboxylic acids is 1. The maximum atomic E-state index is 11.9. The van der Waals surface area contributed by atoms with E-state index in [0.717, 1.165) is 43.8 Å². The highest BCUT2D eigenvalue weighted by molar-refractivity contribution is 5.97. The summed E-state index contributed by atoms with van der Waals surface area (Å²) in [4.78, 5) is 23.1. The Morgan fingerprint density at radius 3 is 2.77 bits per heavy atom. The standard InChI is InChI=1S/C22H30N6O2/c1-28-9-8-14-11-19(30-2)18(10-15(14)13-28)26-22-24-12-17(20(23)29)21(27-22)25-16-6-4-3-5-7-16/h10-12,16H,3-9,13H2,1-2H3,(H2,23,29)(H2,24,25,26,27). The average Bonchev–Trinajstić information content (AvgIpc) is 2.74. The third kappa shape index (κ3) is 4.48. The molecule has 8 heteroatoms. The molecule has 0 radical (unpaired) electrons. The summed E-state index contributed by atoms with van der Waals surface area (Å²) in [6.45, 7) is 1.93. The quantitative estimate of drug-likeness (QED) is 0.672. The summed E-state index contributed by atoms with van der Waals surface area (Å²) >= 11 is 0. The van der Waals surface area contributed by atoms with Gasteiger partial charge in [-0.3, -0.25) is 4.79 Å². The number of ether oxygens (including phenoxy) is 1. The van der Waals surface area contributed by atoms with E-state index in [1.54, 1.807) is 7.11 Å². The molecule has 1 aromatic carbocycles. The van der Waals surface area contributed by atoms with Gasteiger partial charge in [0.15, 0.2) is 0 Å². The fourth-order valence-electron chi connectivity index (χ4n) is 4.29. The largest absolute Gasteiger partial charge is 0.495 e. The topological polar surface area (TPSA) is 105 Å². The van der Waals surface area contributed by atoms with Gasteiger partial charge < -0.3 is 26.0 Å². The summed E-state index contributed by atoms with van der Waals surface area (Å²) in [5, 5.41) is 6.69. The number of likely N-dealkylation sites (N-methyl/N-ethyl adjacent to an activating group) is 1. The van der Waals surface area contributed by atoms with Crippen molar-refractivity contribution in [1.82, 2.24) is 14.9 Å². The van der Waals surface area contributed by atoms with Gasteiger partial charge in [-0.25, -0.2) is 4.98 Å². The van der Waals surface area contributed by atoms with Crippen molar-refractivity contribution in [3.8, 4) is 5.75 Å². The van der Waals surface area contributed by atoms with Crippen molar-refractivity contribution in [2.75, 3.05) is 31.3 Å². The van der Waals surface area contributed by atoms with E-state index in [2.05, 4.69) is 44.7 Å². The second-order valence-corrected chi connectivity index (χ2v) is 8.23. The lowest BCUT2D eigenvalue weighted by atomic mass is 9.95. The molecule has 0 spiro atoms. The van der Waals surface area contributed by atoms with Gasteiger partial charge in [0, 0.05) is 25.3 Å². The molecule has 0 unspecified atom stereocenters. The van der Waals surface area contributed by atoms with Crippen LogP contribution in [0.5, 0.6) is 5.75 Å². The molecule has 4 rings (SSSR count). The first-order valence-electron chi connectivity index (χ1n) is 10.6. The number of primary amides is 1. The molecular formula is C22H30N6O2. The van der Waals surface area contributed by atoms with E-state index < -0.39 is 5.91 Å². The van der Waals surface area contributed by atoms with Crippen LogP contribution in [0.4, 0.5) is 17.5 Å². The smallest absolute Gasteiger partial charge is 0.254 e. The zero-order valence-corrected chi connectivity index (χ0v) is 17.7. The molecule has 160 valence electrons. The number of nitrogens with zero attached hydrogens (tertiary/aromatic N) is 3. The minimum absolute atomic E-state index is 0.299. The Bertz CT molecular complexity index is 926. The van der Waals surface area contributed by atoms with Gasteiger partial charge in [0.05, 0.1) is 18.4 Å². The summed E-state index contributed by atoms with van der Waals surface area (Å²) in [6, 6.07) is 4.49. The molecule has 1 fully saturated rings. The second-order valence-electron chi connectivity index (χ2n) is 8.23. The second kappa shape index (κ2) is 8.87. The number of fused-ring (bicyclic) bond motifs is 1. The van der Waals surface area contributed by atoms with Crippen LogP contribution in [0.3, 0.4) is 0 Å². The zero-order chi connectivity index (χ0) is 21.1. The molecule has 1 amide bonds. The zero-order valence-electron chi connectivity index (χ0n) is 17.7. The third-order valence-corrected chi connectivity index (χ3v) is 5.97. The minimum atomic E-state index is -0.533. The molecule has 4 N–H and O–H groups in total. The van der Waals surface area contributed by atoms with Crippen LogP contribution in [-0.4, -0.2) is 47.5 Å². The van der Waals surface area contributed by atoms with E-state index in [1.165, 1.54) is 36.6 Å². The van der Waals surface area contributed by atoms with Crippen molar-refractivity contribution in [2.24, 2.45) is 5.73 Å². The molecule has 0 saturated heterocycles. The number of amides is 1. The number of nitrogens with one attached hydrogen (secondary N) is 2. The summed E-state index contributed by atoms with van der Waals surface area (Å²) < 4.78 is 5.60. The molecule has 1 aromatic heterocycles.